The molecule has 1 radical (unpaired) electrons. The minimum atomic E-state index is -6.12. The topological polar surface area (TPSA) is 0 Å². The molecular formula is C5H3F8. The molecule has 0 saturated heterocycles. The van der Waals surface area contributed by atoms with E-state index in [2.05, 4.69) is 0 Å². The van der Waals surface area contributed by atoms with E-state index in [1.807, 2.05) is 0 Å². The molecule has 0 aliphatic carbocycles. The number of rotatable bonds is 3. The summed E-state index contributed by atoms with van der Waals surface area (Å²) in [6, 6.07) is 0. The summed E-state index contributed by atoms with van der Waals surface area (Å²) >= 11 is 0. The lowest BCUT2D eigenvalue weighted by molar-refractivity contribution is -0.311. The molecular weight excluding hydrogens is 212 g/mol. The second kappa shape index (κ2) is 2.98. The van der Waals surface area contributed by atoms with Gasteiger partial charge in [0.25, 0.3) is 0 Å². The maximum atomic E-state index is 12.0. The van der Waals surface area contributed by atoms with Gasteiger partial charge in [0.2, 0.25) is 0 Å². The highest BCUT2D eigenvalue weighted by molar-refractivity contribution is 5.01. The number of alkyl halides is 6. The van der Waals surface area contributed by atoms with Crippen LogP contribution in [0, 0.1) is 6.43 Å². The van der Waals surface area contributed by atoms with E-state index in [0.717, 1.165) is 0 Å². The Morgan fingerprint density at radius 3 is 1.23 bits per heavy atom. The van der Waals surface area contributed by atoms with E-state index < -0.39 is 31.1 Å². The maximum absolute atomic E-state index is 12.0. The molecule has 0 spiro atoms. The number of hydrogen-bond acceptors (Lipinski definition) is 0. The van der Waals surface area contributed by atoms with Crippen molar-refractivity contribution in [2.75, 3.05) is 0 Å². The van der Waals surface area contributed by atoms with Crippen molar-refractivity contribution < 1.29 is 35.1 Å². The van der Waals surface area contributed by atoms with Gasteiger partial charge in [0.05, 0.1) is 0 Å². The Balaban J connectivity index is 5.04. The van der Waals surface area contributed by atoms with E-state index in [4.69, 9.17) is 0 Å². The van der Waals surface area contributed by atoms with Gasteiger partial charge in [0, 0.05) is 6.92 Å². The second-order valence-electron chi connectivity index (χ2n) is 2.30. The molecule has 0 aromatic rings. The molecule has 0 aromatic heterocycles. The molecule has 0 nitrogen and oxygen atoms in total. The lowest BCUT2D eigenvalue weighted by Crippen LogP contribution is -2.54. The van der Waals surface area contributed by atoms with E-state index in [0.29, 0.717) is 0 Å². The number of hydrogen-bond donors (Lipinski definition) is 0. The maximum Gasteiger partial charge on any atom is 0.384 e. The Morgan fingerprint density at radius 2 is 1.15 bits per heavy atom. The molecule has 0 bridgehead atoms. The third kappa shape index (κ3) is 1.86. The molecule has 79 valence electrons. The minimum absolute atomic E-state index is 0.566. The van der Waals surface area contributed by atoms with Crippen molar-refractivity contribution >= 4 is 0 Å². The van der Waals surface area contributed by atoms with E-state index in [9.17, 15) is 35.1 Å². The Hall–Kier alpha value is -0.560. The van der Waals surface area contributed by atoms with E-state index in [1.165, 1.54) is 0 Å². The van der Waals surface area contributed by atoms with E-state index in [1.54, 1.807) is 0 Å². The SMILES string of the molecule is CC(F)(F)C(F)(F)C(F)(F)[C](F)F. The summed E-state index contributed by atoms with van der Waals surface area (Å²) in [6.45, 7) is -0.566. The third-order valence-electron chi connectivity index (χ3n) is 1.18. The fourth-order valence-electron chi connectivity index (χ4n) is 0.394. The Bertz CT molecular complexity index is 177. The summed E-state index contributed by atoms with van der Waals surface area (Å²) in [6.07, 6.45) is -4.04. The second-order valence-corrected chi connectivity index (χ2v) is 2.30. The van der Waals surface area contributed by atoms with Crippen molar-refractivity contribution in [1.29, 1.82) is 0 Å². The van der Waals surface area contributed by atoms with Crippen molar-refractivity contribution in [3.05, 3.63) is 6.43 Å². The van der Waals surface area contributed by atoms with Crippen LogP contribution in [0.5, 0.6) is 0 Å². The highest BCUT2D eigenvalue weighted by Crippen LogP contribution is 2.50. The molecule has 0 N–H and O–H groups in total. The summed E-state index contributed by atoms with van der Waals surface area (Å²) < 4.78 is 93.5. The first kappa shape index (κ1) is 12.4. The van der Waals surface area contributed by atoms with Crippen LogP contribution in [0.15, 0.2) is 0 Å². The van der Waals surface area contributed by atoms with E-state index in [-0.39, 0.29) is 0 Å². The minimum Gasteiger partial charge on any atom is -0.200 e. The van der Waals surface area contributed by atoms with Gasteiger partial charge in [-0.05, 0) is 0 Å². The Morgan fingerprint density at radius 1 is 0.846 bits per heavy atom. The van der Waals surface area contributed by atoms with Crippen molar-refractivity contribution in [2.45, 2.75) is 24.7 Å². The van der Waals surface area contributed by atoms with Crippen LogP contribution >= 0.6 is 0 Å². The van der Waals surface area contributed by atoms with Crippen LogP contribution in [0.3, 0.4) is 0 Å². The molecule has 0 aliphatic rings. The third-order valence-corrected chi connectivity index (χ3v) is 1.18. The molecule has 0 saturated carbocycles. The summed E-state index contributed by atoms with van der Waals surface area (Å²) in [5.41, 5.74) is 0. The predicted octanol–water partition coefficient (Wildman–Crippen LogP) is 3.34. The summed E-state index contributed by atoms with van der Waals surface area (Å²) in [5.74, 6) is -17.4. The van der Waals surface area contributed by atoms with Gasteiger partial charge in [-0.3, -0.25) is 0 Å². The average Bonchev–Trinajstić information content (AvgIpc) is 1.84. The average molecular weight is 215 g/mol. The lowest BCUT2D eigenvalue weighted by Gasteiger charge is -2.29. The first-order chi connectivity index (χ1) is 5.44. The molecule has 0 atom stereocenters. The van der Waals surface area contributed by atoms with Crippen LogP contribution in [0.1, 0.15) is 6.92 Å². The fraction of sp³-hybridized carbons (Fsp3) is 0.800. The monoisotopic (exact) mass is 215 g/mol. The van der Waals surface area contributed by atoms with Gasteiger partial charge in [-0.25, -0.2) is 0 Å². The predicted molar refractivity (Wildman–Crippen MR) is 26.0 cm³/mol. The van der Waals surface area contributed by atoms with Gasteiger partial charge >= 0.3 is 24.2 Å². The molecule has 0 aromatic carbocycles. The molecule has 13 heavy (non-hydrogen) atoms. The lowest BCUT2D eigenvalue weighted by atomic mass is 10.1. The van der Waals surface area contributed by atoms with Gasteiger partial charge in [0.1, 0.15) is 0 Å². The molecule has 0 rings (SSSR count). The Kier molecular flexibility index (Phi) is 2.86. The van der Waals surface area contributed by atoms with Crippen LogP contribution < -0.4 is 0 Å². The van der Waals surface area contributed by atoms with Crippen molar-refractivity contribution in [3.8, 4) is 0 Å². The number of halogens is 8. The van der Waals surface area contributed by atoms with Gasteiger partial charge in [-0.1, -0.05) is 0 Å². The summed E-state index contributed by atoms with van der Waals surface area (Å²) in [5, 5.41) is 0. The summed E-state index contributed by atoms with van der Waals surface area (Å²) in [4.78, 5) is 0. The van der Waals surface area contributed by atoms with Crippen molar-refractivity contribution in [2.24, 2.45) is 0 Å². The first-order valence-electron chi connectivity index (χ1n) is 2.76. The zero-order valence-electron chi connectivity index (χ0n) is 6.02. The zero-order chi connectivity index (χ0) is 11.1. The van der Waals surface area contributed by atoms with Crippen LogP contribution in [0.4, 0.5) is 35.1 Å². The normalized spacial score (nSPS) is 15.2. The van der Waals surface area contributed by atoms with Gasteiger partial charge in [-0.2, -0.15) is 35.1 Å². The quantitative estimate of drug-likeness (QED) is 0.633. The molecule has 0 amide bonds. The van der Waals surface area contributed by atoms with Crippen LogP contribution in [-0.4, -0.2) is 17.8 Å². The van der Waals surface area contributed by atoms with Gasteiger partial charge in [0.15, 0.2) is 0 Å². The molecule has 0 aliphatic heterocycles. The largest absolute Gasteiger partial charge is 0.384 e. The molecule has 0 fully saturated rings. The van der Waals surface area contributed by atoms with Crippen LogP contribution in [0.2, 0.25) is 0 Å². The van der Waals surface area contributed by atoms with Crippen LogP contribution in [0.25, 0.3) is 0 Å². The highest BCUT2D eigenvalue weighted by Gasteiger charge is 2.74. The van der Waals surface area contributed by atoms with Crippen LogP contribution in [-0.2, 0) is 0 Å². The molecule has 8 heteroatoms. The van der Waals surface area contributed by atoms with Gasteiger partial charge < -0.3 is 0 Å². The zero-order valence-corrected chi connectivity index (χ0v) is 6.02. The van der Waals surface area contributed by atoms with Crippen molar-refractivity contribution in [1.82, 2.24) is 0 Å². The fourth-order valence-corrected chi connectivity index (χ4v) is 0.394. The smallest absolute Gasteiger partial charge is 0.200 e. The highest BCUT2D eigenvalue weighted by atomic mass is 19.4. The summed E-state index contributed by atoms with van der Waals surface area (Å²) in [7, 11) is 0. The van der Waals surface area contributed by atoms with Crippen molar-refractivity contribution in [3.63, 3.8) is 0 Å². The standard InChI is InChI=1S/C5H3F8/c1-3(8,9)5(12,13)4(10,11)2(6)7/h1H3. The Labute approximate surface area is 67.5 Å². The van der Waals surface area contributed by atoms with Gasteiger partial charge in [-0.15, -0.1) is 0 Å². The molecule has 0 heterocycles. The molecule has 0 unspecified atom stereocenters. The van der Waals surface area contributed by atoms with E-state index >= 15 is 0 Å². The first-order valence-corrected chi connectivity index (χ1v) is 2.76.